The minimum Gasteiger partial charge on any atom is -0.350 e. The second-order valence-corrected chi connectivity index (χ2v) is 4.24. The Kier molecular flexibility index (Phi) is 3.79. The molecule has 6 nitrogen and oxygen atoms in total. The molecule has 0 aromatic carbocycles. The number of hydrogen-bond donors (Lipinski definition) is 3. The second-order valence-electron chi connectivity index (χ2n) is 4.24. The third kappa shape index (κ3) is 3.67. The van der Waals surface area contributed by atoms with Crippen LogP contribution in [0.2, 0.25) is 0 Å². The lowest BCUT2D eigenvalue weighted by Crippen LogP contribution is -2.35. The highest BCUT2D eigenvalue weighted by Crippen LogP contribution is 2.17. The van der Waals surface area contributed by atoms with Crippen molar-refractivity contribution in [1.29, 1.82) is 0 Å². The lowest BCUT2D eigenvalue weighted by molar-refractivity contribution is 0.0930. The number of carbonyl (C=O) groups is 1. The van der Waals surface area contributed by atoms with Gasteiger partial charge >= 0.3 is 0 Å². The molecule has 15 heavy (non-hydrogen) atoms. The van der Waals surface area contributed by atoms with E-state index in [2.05, 4.69) is 34.6 Å². The minimum atomic E-state index is -0.214. The maximum absolute atomic E-state index is 11.5. The highest BCUT2D eigenvalue weighted by Gasteiger charge is 2.18. The molecule has 6 heteroatoms. The zero-order chi connectivity index (χ0) is 11.3. The molecule has 0 spiro atoms. The molecule has 1 rings (SSSR count). The lowest BCUT2D eigenvalue weighted by atomic mass is 9.89. The monoisotopic (exact) mass is 211 g/mol. The summed E-state index contributed by atoms with van der Waals surface area (Å²) in [6, 6.07) is 0. The molecule has 1 aromatic rings. The number of carbonyl (C=O) groups excluding carboxylic acids is 1. The average Bonchev–Trinajstić information content (AvgIpc) is 2.67. The first kappa shape index (κ1) is 11.6. The zero-order valence-electron chi connectivity index (χ0n) is 9.08. The predicted octanol–water partition coefficient (Wildman–Crippen LogP) is -0.0905. The lowest BCUT2D eigenvalue weighted by Gasteiger charge is -2.23. The predicted molar refractivity (Wildman–Crippen MR) is 56.2 cm³/mol. The molecule has 0 atom stereocenters. The SMILES string of the molecule is CC(C)(CCN)CNC(=O)c1cn[nH]n1. The summed E-state index contributed by atoms with van der Waals surface area (Å²) in [5.74, 6) is -0.214. The molecular formula is C9H17N5O. The van der Waals surface area contributed by atoms with Gasteiger partial charge in [-0.3, -0.25) is 4.79 Å². The zero-order valence-corrected chi connectivity index (χ0v) is 9.08. The van der Waals surface area contributed by atoms with Crippen LogP contribution in [0.1, 0.15) is 30.8 Å². The Hall–Kier alpha value is -1.43. The van der Waals surface area contributed by atoms with Crippen LogP contribution in [0.4, 0.5) is 0 Å². The van der Waals surface area contributed by atoms with E-state index in [1.165, 1.54) is 6.20 Å². The van der Waals surface area contributed by atoms with E-state index in [-0.39, 0.29) is 11.3 Å². The van der Waals surface area contributed by atoms with E-state index < -0.39 is 0 Å². The smallest absolute Gasteiger partial charge is 0.273 e. The van der Waals surface area contributed by atoms with E-state index in [1.54, 1.807) is 0 Å². The number of rotatable bonds is 5. The van der Waals surface area contributed by atoms with Crippen LogP contribution in [0.3, 0.4) is 0 Å². The summed E-state index contributed by atoms with van der Waals surface area (Å²) in [4.78, 5) is 11.5. The van der Waals surface area contributed by atoms with E-state index in [0.717, 1.165) is 6.42 Å². The van der Waals surface area contributed by atoms with Crippen molar-refractivity contribution in [1.82, 2.24) is 20.7 Å². The summed E-state index contributed by atoms with van der Waals surface area (Å²) in [5, 5.41) is 12.4. The Morgan fingerprint density at radius 3 is 2.93 bits per heavy atom. The van der Waals surface area contributed by atoms with Gasteiger partial charge in [0, 0.05) is 6.54 Å². The van der Waals surface area contributed by atoms with Crippen LogP contribution in [0.15, 0.2) is 6.20 Å². The molecule has 0 bridgehead atoms. The summed E-state index contributed by atoms with van der Waals surface area (Å²) in [5.41, 5.74) is 5.79. The third-order valence-corrected chi connectivity index (χ3v) is 2.20. The van der Waals surface area contributed by atoms with Gasteiger partial charge in [-0.1, -0.05) is 13.8 Å². The van der Waals surface area contributed by atoms with E-state index >= 15 is 0 Å². The Labute approximate surface area is 88.6 Å². The Bertz CT molecular complexity index is 306. The summed E-state index contributed by atoms with van der Waals surface area (Å²) >= 11 is 0. The van der Waals surface area contributed by atoms with Crippen LogP contribution in [-0.2, 0) is 0 Å². The Morgan fingerprint density at radius 2 is 2.40 bits per heavy atom. The van der Waals surface area contributed by atoms with Crippen molar-refractivity contribution in [3.05, 3.63) is 11.9 Å². The fourth-order valence-electron chi connectivity index (χ4n) is 1.20. The molecule has 0 unspecified atom stereocenters. The number of hydrogen-bond acceptors (Lipinski definition) is 4. The van der Waals surface area contributed by atoms with Gasteiger partial charge in [-0.05, 0) is 18.4 Å². The minimum absolute atomic E-state index is 0.00808. The van der Waals surface area contributed by atoms with Gasteiger partial charge in [0.2, 0.25) is 0 Å². The fourth-order valence-corrected chi connectivity index (χ4v) is 1.20. The number of nitrogens with two attached hydrogens (primary N) is 1. The number of amides is 1. The Morgan fingerprint density at radius 1 is 1.67 bits per heavy atom. The van der Waals surface area contributed by atoms with Crippen molar-refractivity contribution in [3.63, 3.8) is 0 Å². The van der Waals surface area contributed by atoms with Crippen molar-refractivity contribution < 1.29 is 4.79 Å². The number of H-pyrrole nitrogens is 1. The van der Waals surface area contributed by atoms with Crippen LogP contribution < -0.4 is 11.1 Å². The molecule has 1 amide bonds. The van der Waals surface area contributed by atoms with Crippen LogP contribution in [0.25, 0.3) is 0 Å². The van der Waals surface area contributed by atoms with Gasteiger partial charge in [0.15, 0.2) is 5.69 Å². The van der Waals surface area contributed by atoms with Crippen molar-refractivity contribution in [2.24, 2.45) is 11.1 Å². The van der Waals surface area contributed by atoms with Crippen molar-refractivity contribution in [2.45, 2.75) is 20.3 Å². The second kappa shape index (κ2) is 4.88. The number of nitrogens with one attached hydrogen (secondary N) is 2. The number of aromatic amines is 1. The molecule has 84 valence electrons. The van der Waals surface area contributed by atoms with Crippen LogP contribution in [0.5, 0.6) is 0 Å². The largest absolute Gasteiger partial charge is 0.350 e. The van der Waals surface area contributed by atoms with Gasteiger partial charge in [-0.25, -0.2) is 0 Å². The van der Waals surface area contributed by atoms with Gasteiger partial charge in [0.25, 0.3) is 5.91 Å². The normalized spacial score (nSPS) is 11.4. The average molecular weight is 211 g/mol. The first-order chi connectivity index (χ1) is 7.05. The van der Waals surface area contributed by atoms with Crippen molar-refractivity contribution in [3.8, 4) is 0 Å². The quantitative estimate of drug-likeness (QED) is 0.634. The Balaban J connectivity index is 2.40. The summed E-state index contributed by atoms with van der Waals surface area (Å²) in [6.07, 6.45) is 2.26. The summed E-state index contributed by atoms with van der Waals surface area (Å²) in [6.45, 7) is 5.31. The maximum atomic E-state index is 11.5. The molecule has 1 aromatic heterocycles. The molecule has 0 saturated heterocycles. The number of nitrogens with zero attached hydrogens (tertiary/aromatic N) is 2. The van der Waals surface area contributed by atoms with E-state index in [9.17, 15) is 4.79 Å². The maximum Gasteiger partial charge on any atom is 0.273 e. The molecule has 1 heterocycles. The van der Waals surface area contributed by atoms with Crippen molar-refractivity contribution >= 4 is 5.91 Å². The molecule has 0 aliphatic rings. The van der Waals surface area contributed by atoms with Crippen LogP contribution in [0, 0.1) is 5.41 Å². The van der Waals surface area contributed by atoms with Gasteiger partial charge in [-0.2, -0.15) is 15.4 Å². The van der Waals surface area contributed by atoms with E-state index in [0.29, 0.717) is 18.8 Å². The first-order valence-electron chi connectivity index (χ1n) is 4.89. The molecule has 0 aliphatic heterocycles. The van der Waals surface area contributed by atoms with Gasteiger partial charge < -0.3 is 11.1 Å². The third-order valence-electron chi connectivity index (χ3n) is 2.20. The van der Waals surface area contributed by atoms with E-state index in [4.69, 9.17) is 5.73 Å². The van der Waals surface area contributed by atoms with Crippen molar-refractivity contribution in [2.75, 3.05) is 13.1 Å². The summed E-state index contributed by atoms with van der Waals surface area (Å²) in [7, 11) is 0. The first-order valence-corrected chi connectivity index (χ1v) is 4.89. The molecule has 0 saturated carbocycles. The molecule has 0 aliphatic carbocycles. The topological polar surface area (TPSA) is 96.7 Å². The molecule has 0 radical (unpaired) electrons. The van der Waals surface area contributed by atoms with Gasteiger partial charge in [0.1, 0.15) is 0 Å². The highest BCUT2D eigenvalue weighted by atomic mass is 16.1. The summed E-state index contributed by atoms with van der Waals surface area (Å²) < 4.78 is 0. The number of aromatic nitrogens is 3. The van der Waals surface area contributed by atoms with E-state index in [1.807, 2.05) is 0 Å². The fraction of sp³-hybridized carbons (Fsp3) is 0.667. The highest BCUT2D eigenvalue weighted by molar-refractivity contribution is 5.91. The molecular weight excluding hydrogens is 194 g/mol. The van der Waals surface area contributed by atoms with Crippen LogP contribution >= 0.6 is 0 Å². The van der Waals surface area contributed by atoms with Gasteiger partial charge in [0.05, 0.1) is 6.20 Å². The van der Waals surface area contributed by atoms with Crippen LogP contribution in [-0.4, -0.2) is 34.4 Å². The molecule has 0 fully saturated rings. The van der Waals surface area contributed by atoms with Gasteiger partial charge in [-0.15, -0.1) is 0 Å². The molecule has 4 N–H and O–H groups in total. The standard InChI is InChI=1S/C9H17N5O/c1-9(2,3-4-10)6-11-8(15)7-5-12-14-13-7/h5H,3-4,6,10H2,1-2H3,(H,11,15)(H,12,13,14).